The molecule has 0 aliphatic heterocycles. The van der Waals surface area contributed by atoms with E-state index >= 15 is 0 Å². The summed E-state index contributed by atoms with van der Waals surface area (Å²) in [6.07, 6.45) is 6.49. The molecule has 0 spiro atoms. The number of amides is 1. The van der Waals surface area contributed by atoms with Gasteiger partial charge in [-0.3, -0.25) is 4.79 Å². The summed E-state index contributed by atoms with van der Waals surface area (Å²) in [7, 11) is 0. The monoisotopic (exact) mass is 237 g/mol. The summed E-state index contributed by atoms with van der Waals surface area (Å²) in [4.78, 5) is 11.6. The number of rotatable bonds is 5. The van der Waals surface area contributed by atoms with Gasteiger partial charge in [0.05, 0.1) is 0 Å². The lowest BCUT2D eigenvalue weighted by Gasteiger charge is -2.16. The molecule has 0 unspecified atom stereocenters. The van der Waals surface area contributed by atoms with Crippen molar-refractivity contribution in [1.29, 1.82) is 0 Å². The molecule has 0 aliphatic carbocycles. The second kappa shape index (κ2) is 7.31. The molecule has 0 aliphatic rings. The van der Waals surface area contributed by atoms with Crippen LogP contribution in [0.15, 0.2) is 23.3 Å². The number of hydrogen-bond acceptors (Lipinski definition) is 1. The molecule has 98 valence electrons. The molecule has 0 aromatic heterocycles. The molecule has 0 saturated carbocycles. The van der Waals surface area contributed by atoms with Crippen LogP contribution in [0.25, 0.3) is 0 Å². The van der Waals surface area contributed by atoms with Gasteiger partial charge in [0.1, 0.15) is 0 Å². The third-order valence-corrected chi connectivity index (χ3v) is 2.49. The van der Waals surface area contributed by atoms with Crippen LogP contribution in [0.4, 0.5) is 0 Å². The molecule has 0 aromatic rings. The first-order valence-electron chi connectivity index (χ1n) is 6.31. The Balaban J connectivity index is 3.93. The largest absolute Gasteiger partial charge is 0.352 e. The third kappa shape index (κ3) is 8.73. The van der Waals surface area contributed by atoms with Gasteiger partial charge >= 0.3 is 0 Å². The van der Waals surface area contributed by atoms with Gasteiger partial charge in [0.25, 0.3) is 0 Å². The van der Waals surface area contributed by atoms with Gasteiger partial charge in [-0.25, -0.2) is 0 Å². The van der Waals surface area contributed by atoms with E-state index in [2.05, 4.69) is 38.2 Å². The van der Waals surface area contributed by atoms with Crippen molar-refractivity contribution in [2.24, 2.45) is 5.41 Å². The zero-order valence-electron chi connectivity index (χ0n) is 12.2. The highest BCUT2D eigenvalue weighted by Crippen LogP contribution is 2.12. The molecule has 0 radical (unpaired) electrons. The predicted octanol–water partition coefficient (Wildman–Crippen LogP) is 3.84. The Bertz CT molecular complexity index is 301. The quantitative estimate of drug-likeness (QED) is 0.723. The molecule has 1 N–H and O–H groups in total. The van der Waals surface area contributed by atoms with Crippen LogP contribution in [0, 0.1) is 5.41 Å². The Kier molecular flexibility index (Phi) is 6.86. The minimum absolute atomic E-state index is 0.103. The van der Waals surface area contributed by atoms with Gasteiger partial charge < -0.3 is 5.32 Å². The maximum absolute atomic E-state index is 11.6. The van der Waals surface area contributed by atoms with Gasteiger partial charge in [0, 0.05) is 12.0 Å². The lowest BCUT2D eigenvalue weighted by molar-refractivity contribution is -0.128. The Labute approximate surface area is 106 Å². The predicted molar refractivity (Wildman–Crippen MR) is 74.9 cm³/mol. The van der Waals surface area contributed by atoms with Crippen molar-refractivity contribution in [1.82, 2.24) is 5.32 Å². The standard InChI is InChI=1S/C15H27NO/c1-12(2)8-7-9-13(3)10-11-16-14(17)15(4,5)6/h8,10H,7,9,11H2,1-6H3,(H,16,17)/b13-10-. The molecule has 2 heteroatoms. The fourth-order valence-corrected chi connectivity index (χ4v) is 1.27. The molecule has 0 rings (SSSR count). The number of hydrogen-bond donors (Lipinski definition) is 1. The van der Waals surface area contributed by atoms with Gasteiger partial charge in [-0.05, 0) is 33.6 Å². The maximum atomic E-state index is 11.6. The number of carbonyl (C=O) groups excluding carboxylic acids is 1. The molecule has 0 saturated heterocycles. The zero-order valence-corrected chi connectivity index (χ0v) is 12.2. The van der Waals surface area contributed by atoms with E-state index in [9.17, 15) is 4.79 Å². The normalized spacial score (nSPS) is 12.2. The highest BCUT2D eigenvalue weighted by atomic mass is 16.2. The Morgan fingerprint density at radius 3 is 2.18 bits per heavy atom. The Morgan fingerprint density at radius 2 is 1.71 bits per heavy atom. The van der Waals surface area contributed by atoms with Crippen LogP contribution >= 0.6 is 0 Å². The molecule has 1 amide bonds. The lowest BCUT2D eigenvalue weighted by Crippen LogP contribution is -2.34. The lowest BCUT2D eigenvalue weighted by atomic mass is 9.96. The fraction of sp³-hybridized carbons (Fsp3) is 0.667. The average molecular weight is 237 g/mol. The third-order valence-electron chi connectivity index (χ3n) is 2.49. The van der Waals surface area contributed by atoms with Crippen molar-refractivity contribution in [3.8, 4) is 0 Å². The topological polar surface area (TPSA) is 29.1 Å². The smallest absolute Gasteiger partial charge is 0.225 e. The minimum Gasteiger partial charge on any atom is -0.352 e. The molecule has 0 bridgehead atoms. The second-order valence-corrected chi connectivity index (χ2v) is 5.83. The zero-order chi connectivity index (χ0) is 13.5. The molecule has 0 heterocycles. The SMILES string of the molecule is CC(C)=CCC/C(C)=C\CNC(=O)C(C)(C)C. The molecular formula is C15H27NO. The molecule has 2 nitrogen and oxygen atoms in total. The van der Waals surface area contributed by atoms with E-state index in [-0.39, 0.29) is 11.3 Å². The highest BCUT2D eigenvalue weighted by Gasteiger charge is 2.19. The van der Waals surface area contributed by atoms with Crippen molar-refractivity contribution in [2.75, 3.05) is 6.54 Å². The summed E-state index contributed by atoms with van der Waals surface area (Å²) in [6, 6.07) is 0. The van der Waals surface area contributed by atoms with Crippen LogP contribution in [-0.2, 0) is 4.79 Å². The van der Waals surface area contributed by atoms with Crippen molar-refractivity contribution in [3.63, 3.8) is 0 Å². The number of carbonyl (C=O) groups is 1. The molecular weight excluding hydrogens is 210 g/mol. The second-order valence-electron chi connectivity index (χ2n) is 5.83. The van der Waals surface area contributed by atoms with E-state index in [4.69, 9.17) is 0 Å². The van der Waals surface area contributed by atoms with Gasteiger partial charge in [-0.15, -0.1) is 0 Å². The number of allylic oxidation sites excluding steroid dienone is 3. The molecule has 17 heavy (non-hydrogen) atoms. The first-order valence-corrected chi connectivity index (χ1v) is 6.31. The summed E-state index contributed by atoms with van der Waals surface area (Å²) in [5.74, 6) is 0.103. The number of nitrogens with one attached hydrogen (secondary N) is 1. The summed E-state index contributed by atoms with van der Waals surface area (Å²) in [5.41, 5.74) is 2.39. The summed E-state index contributed by atoms with van der Waals surface area (Å²) in [5, 5.41) is 2.92. The van der Waals surface area contributed by atoms with E-state index in [0.29, 0.717) is 6.54 Å². The summed E-state index contributed by atoms with van der Waals surface area (Å²) in [6.45, 7) is 12.7. The van der Waals surface area contributed by atoms with E-state index in [1.807, 2.05) is 20.8 Å². The van der Waals surface area contributed by atoms with Crippen molar-refractivity contribution in [3.05, 3.63) is 23.3 Å². The average Bonchev–Trinajstić information content (AvgIpc) is 2.15. The van der Waals surface area contributed by atoms with E-state index < -0.39 is 0 Å². The molecule has 0 fully saturated rings. The van der Waals surface area contributed by atoms with E-state index in [0.717, 1.165) is 12.8 Å². The first-order chi connectivity index (χ1) is 7.73. The van der Waals surface area contributed by atoms with Gasteiger partial charge in [-0.1, -0.05) is 44.1 Å². The minimum atomic E-state index is -0.302. The molecule has 0 aromatic carbocycles. The maximum Gasteiger partial charge on any atom is 0.225 e. The van der Waals surface area contributed by atoms with Gasteiger partial charge in [0.2, 0.25) is 5.91 Å². The summed E-state index contributed by atoms with van der Waals surface area (Å²) < 4.78 is 0. The van der Waals surface area contributed by atoms with E-state index in [1.165, 1.54) is 11.1 Å². The Morgan fingerprint density at radius 1 is 1.12 bits per heavy atom. The van der Waals surface area contributed by atoms with Crippen LogP contribution < -0.4 is 5.32 Å². The van der Waals surface area contributed by atoms with Crippen LogP contribution in [0.5, 0.6) is 0 Å². The van der Waals surface area contributed by atoms with Crippen molar-refractivity contribution >= 4 is 5.91 Å². The Hall–Kier alpha value is -1.05. The first kappa shape index (κ1) is 16.0. The van der Waals surface area contributed by atoms with Gasteiger partial charge in [-0.2, -0.15) is 0 Å². The highest BCUT2D eigenvalue weighted by molar-refractivity contribution is 5.81. The van der Waals surface area contributed by atoms with Crippen molar-refractivity contribution in [2.45, 2.75) is 54.4 Å². The van der Waals surface area contributed by atoms with Crippen LogP contribution in [0.2, 0.25) is 0 Å². The van der Waals surface area contributed by atoms with Gasteiger partial charge in [0.15, 0.2) is 0 Å². The summed E-state index contributed by atoms with van der Waals surface area (Å²) >= 11 is 0. The van der Waals surface area contributed by atoms with Crippen LogP contribution in [-0.4, -0.2) is 12.5 Å². The van der Waals surface area contributed by atoms with E-state index in [1.54, 1.807) is 0 Å². The van der Waals surface area contributed by atoms with Crippen molar-refractivity contribution < 1.29 is 4.79 Å². The van der Waals surface area contributed by atoms with Crippen LogP contribution in [0.1, 0.15) is 54.4 Å². The fourth-order valence-electron chi connectivity index (χ4n) is 1.27. The van der Waals surface area contributed by atoms with Crippen LogP contribution in [0.3, 0.4) is 0 Å². The molecule has 0 atom stereocenters.